The molecule has 1 aliphatic carbocycles. The smallest absolute Gasteiger partial charge is 0.241 e. The summed E-state index contributed by atoms with van der Waals surface area (Å²) in [7, 11) is 1.64. The molecule has 5 rings (SSSR count). The molecule has 8 heteroatoms. The van der Waals surface area contributed by atoms with Gasteiger partial charge in [0.05, 0.1) is 12.5 Å². The zero-order valence-corrected chi connectivity index (χ0v) is 18.3. The third-order valence-corrected chi connectivity index (χ3v) is 6.97. The molecule has 0 bridgehead atoms. The summed E-state index contributed by atoms with van der Waals surface area (Å²) in [6.45, 7) is 2.29. The van der Waals surface area contributed by atoms with E-state index in [1.165, 1.54) is 0 Å². The van der Waals surface area contributed by atoms with Crippen molar-refractivity contribution in [2.75, 3.05) is 33.3 Å². The van der Waals surface area contributed by atoms with Crippen LogP contribution in [0.4, 0.5) is 0 Å². The van der Waals surface area contributed by atoms with Crippen molar-refractivity contribution in [3.05, 3.63) is 59.9 Å². The number of ether oxygens (including phenoxy) is 1. The summed E-state index contributed by atoms with van der Waals surface area (Å²) in [6.07, 6.45) is 6.02. The first-order valence-electron chi connectivity index (χ1n) is 11.2. The summed E-state index contributed by atoms with van der Waals surface area (Å²) < 4.78 is 5.24. The van der Waals surface area contributed by atoms with E-state index in [1.54, 1.807) is 13.3 Å². The lowest BCUT2D eigenvalue weighted by molar-refractivity contribution is -0.142. The van der Waals surface area contributed by atoms with Crippen LogP contribution in [0.2, 0.25) is 0 Å². The molecular weight excluding hydrogens is 406 g/mol. The highest BCUT2D eigenvalue weighted by atomic mass is 16.5. The van der Waals surface area contributed by atoms with Crippen LogP contribution in [0.3, 0.4) is 0 Å². The van der Waals surface area contributed by atoms with Gasteiger partial charge in [0.15, 0.2) is 0 Å². The van der Waals surface area contributed by atoms with Crippen molar-refractivity contribution in [2.24, 2.45) is 0 Å². The van der Waals surface area contributed by atoms with Crippen molar-refractivity contribution in [3.8, 4) is 5.75 Å². The van der Waals surface area contributed by atoms with E-state index >= 15 is 0 Å². The van der Waals surface area contributed by atoms with Crippen molar-refractivity contribution in [1.29, 1.82) is 0 Å². The number of nitrogens with zero attached hydrogens (tertiary/aromatic N) is 3. The van der Waals surface area contributed by atoms with E-state index in [4.69, 9.17) is 4.74 Å². The van der Waals surface area contributed by atoms with E-state index in [-0.39, 0.29) is 23.9 Å². The molecule has 2 saturated heterocycles. The molecule has 0 spiro atoms. The van der Waals surface area contributed by atoms with Crippen LogP contribution in [0.15, 0.2) is 48.8 Å². The minimum Gasteiger partial charge on any atom is -0.497 e. The Labute approximate surface area is 187 Å². The van der Waals surface area contributed by atoms with Gasteiger partial charge in [-0.3, -0.25) is 14.6 Å². The molecule has 3 aliphatic rings. The first kappa shape index (κ1) is 20.9. The first-order valence-corrected chi connectivity index (χ1v) is 11.2. The third-order valence-electron chi connectivity index (χ3n) is 6.97. The van der Waals surface area contributed by atoms with Gasteiger partial charge in [-0.05, 0) is 48.6 Å². The summed E-state index contributed by atoms with van der Waals surface area (Å²) >= 11 is 0. The van der Waals surface area contributed by atoms with E-state index in [0.717, 1.165) is 29.7 Å². The molecule has 2 unspecified atom stereocenters. The van der Waals surface area contributed by atoms with E-state index in [2.05, 4.69) is 15.8 Å². The van der Waals surface area contributed by atoms with Gasteiger partial charge in [0.25, 0.3) is 0 Å². The van der Waals surface area contributed by atoms with Gasteiger partial charge in [0, 0.05) is 44.6 Å². The van der Waals surface area contributed by atoms with E-state index in [1.807, 2.05) is 52.4 Å². The number of methoxy groups -OCH3 is 1. The zero-order valence-electron chi connectivity index (χ0n) is 18.3. The topological polar surface area (TPSA) is 86.8 Å². The minimum atomic E-state index is -0.397. The summed E-state index contributed by atoms with van der Waals surface area (Å²) in [5.74, 6) is 1.07. The molecule has 1 aromatic carbocycles. The first-order chi connectivity index (χ1) is 15.6. The number of hydrogen-bond donors (Lipinski definition) is 2. The van der Waals surface area contributed by atoms with Crippen molar-refractivity contribution in [2.45, 2.75) is 36.8 Å². The standard InChI is InChI=1S/C24H29N5O3/c1-32-19-6-4-18(5-7-19)24(8-9-24)23(31)29-13-11-28(12-14-29)22(30)21-15-20(26-27-21)17-3-2-10-25-16-17/h2-7,10,16,20-21,26-27H,8-9,11-15H2,1H3. The number of carbonyl (C=O) groups excluding carboxylic acids is 2. The van der Waals surface area contributed by atoms with Crippen LogP contribution in [0.5, 0.6) is 5.75 Å². The fraction of sp³-hybridized carbons (Fsp3) is 0.458. The number of pyridine rings is 1. The Kier molecular flexibility index (Phi) is 5.57. The Morgan fingerprint density at radius 2 is 1.75 bits per heavy atom. The van der Waals surface area contributed by atoms with Gasteiger partial charge in [-0.25, -0.2) is 10.9 Å². The normalized spacial score (nSPS) is 24.3. The molecule has 3 heterocycles. The molecule has 2 aliphatic heterocycles. The van der Waals surface area contributed by atoms with Gasteiger partial charge < -0.3 is 14.5 Å². The second-order valence-electron chi connectivity index (χ2n) is 8.84. The molecule has 2 amide bonds. The van der Waals surface area contributed by atoms with Gasteiger partial charge in [-0.2, -0.15) is 0 Å². The largest absolute Gasteiger partial charge is 0.497 e. The van der Waals surface area contributed by atoms with Crippen LogP contribution in [-0.2, 0) is 15.0 Å². The van der Waals surface area contributed by atoms with Gasteiger partial charge in [0.2, 0.25) is 11.8 Å². The van der Waals surface area contributed by atoms with Gasteiger partial charge in [-0.15, -0.1) is 0 Å². The Hall–Kier alpha value is -2.97. The molecule has 168 valence electrons. The summed E-state index contributed by atoms with van der Waals surface area (Å²) in [4.78, 5) is 34.3. The highest BCUT2D eigenvalue weighted by Crippen LogP contribution is 2.50. The average Bonchev–Trinajstić information content (AvgIpc) is 3.53. The van der Waals surface area contributed by atoms with Crippen molar-refractivity contribution in [1.82, 2.24) is 25.6 Å². The number of rotatable bonds is 5. The molecule has 1 aromatic heterocycles. The number of nitrogens with one attached hydrogen (secondary N) is 2. The lowest BCUT2D eigenvalue weighted by atomic mass is 9.94. The third kappa shape index (κ3) is 3.84. The lowest BCUT2D eigenvalue weighted by Crippen LogP contribution is -2.56. The fourth-order valence-electron chi connectivity index (χ4n) is 4.83. The molecule has 32 heavy (non-hydrogen) atoms. The van der Waals surface area contributed by atoms with Crippen molar-refractivity contribution in [3.63, 3.8) is 0 Å². The average molecular weight is 436 g/mol. The number of piperazine rings is 1. The summed E-state index contributed by atoms with van der Waals surface area (Å²) in [5.41, 5.74) is 8.09. The Morgan fingerprint density at radius 3 is 2.38 bits per heavy atom. The molecule has 0 radical (unpaired) electrons. The number of hydrazine groups is 1. The molecule has 2 atom stereocenters. The van der Waals surface area contributed by atoms with Crippen LogP contribution in [0.25, 0.3) is 0 Å². The molecule has 2 aromatic rings. The predicted molar refractivity (Wildman–Crippen MR) is 119 cm³/mol. The van der Waals surface area contributed by atoms with Crippen molar-refractivity contribution < 1.29 is 14.3 Å². The Bertz CT molecular complexity index is 969. The number of benzene rings is 1. The lowest BCUT2D eigenvalue weighted by Gasteiger charge is -2.37. The van der Waals surface area contributed by atoms with E-state index in [9.17, 15) is 9.59 Å². The highest BCUT2D eigenvalue weighted by molar-refractivity contribution is 5.91. The monoisotopic (exact) mass is 435 g/mol. The molecular formula is C24H29N5O3. The Balaban J connectivity index is 1.16. The summed E-state index contributed by atoms with van der Waals surface area (Å²) in [6, 6.07) is 11.6. The maximum absolute atomic E-state index is 13.3. The number of amides is 2. The zero-order chi connectivity index (χ0) is 22.1. The Morgan fingerprint density at radius 1 is 1.03 bits per heavy atom. The highest BCUT2D eigenvalue weighted by Gasteiger charge is 2.53. The quantitative estimate of drug-likeness (QED) is 0.739. The van der Waals surface area contributed by atoms with Gasteiger partial charge >= 0.3 is 0 Å². The summed E-state index contributed by atoms with van der Waals surface area (Å²) in [5, 5.41) is 0. The van der Waals surface area contributed by atoms with Crippen LogP contribution in [-0.4, -0.2) is 65.9 Å². The van der Waals surface area contributed by atoms with E-state index in [0.29, 0.717) is 32.6 Å². The van der Waals surface area contributed by atoms with Crippen LogP contribution in [0, 0.1) is 0 Å². The second-order valence-corrected chi connectivity index (χ2v) is 8.84. The molecule has 3 fully saturated rings. The second kappa shape index (κ2) is 8.52. The number of carbonyl (C=O) groups is 2. The van der Waals surface area contributed by atoms with Crippen LogP contribution < -0.4 is 15.6 Å². The van der Waals surface area contributed by atoms with Crippen molar-refractivity contribution >= 4 is 11.8 Å². The minimum absolute atomic E-state index is 0.0692. The molecule has 2 N–H and O–H groups in total. The predicted octanol–water partition coefficient (Wildman–Crippen LogP) is 1.40. The van der Waals surface area contributed by atoms with Gasteiger partial charge in [-0.1, -0.05) is 18.2 Å². The SMILES string of the molecule is COc1ccc(C2(C(=O)N3CCN(C(=O)C4CC(c5cccnc5)NN4)CC3)CC2)cc1. The van der Waals surface area contributed by atoms with E-state index < -0.39 is 5.41 Å². The molecule has 8 nitrogen and oxygen atoms in total. The molecule has 1 saturated carbocycles. The van der Waals surface area contributed by atoms with Crippen LogP contribution >= 0.6 is 0 Å². The van der Waals surface area contributed by atoms with Gasteiger partial charge in [0.1, 0.15) is 11.8 Å². The number of aromatic nitrogens is 1. The maximum atomic E-state index is 13.3. The van der Waals surface area contributed by atoms with Crippen LogP contribution in [0.1, 0.15) is 36.4 Å². The maximum Gasteiger partial charge on any atom is 0.241 e. The fourth-order valence-corrected chi connectivity index (χ4v) is 4.83. The number of hydrogen-bond acceptors (Lipinski definition) is 6.